The van der Waals surface area contributed by atoms with E-state index < -0.39 is 0 Å². The lowest BCUT2D eigenvalue weighted by atomic mass is 9.93. The third-order valence-electron chi connectivity index (χ3n) is 2.74. The summed E-state index contributed by atoms with van der Waals surface area (Å²) in [6, 6.07) is -0.0375. The molecule has 1 saturated heterocycles. The number of carbonyl (C=O) groups is 1. The maximum Gasteiger partial charge on any atom is 0.236 e. The molecule has 0 spiro atoms. The van der Waals surface area contributed by atoms with E-state index in [-0.39, 0.29) is 18.1 Å². The average molecular weight is 214 g/mol. The van der Waals surface area contributed by atoms with Crippen molar-refractivity contribution in [2.75, 3.05) is 20.2 Å². The second kappa shape index (κ2) is 6.08. The lowest BCUT2D eigenvalue weighted by molar-refractivity contribution is -0.123. The fourth-order valence-electron chi connectivity index (χ4n) is 1.85. The van der Waals surface area contributed by atoms with Gasteiger partial charge in [0.05, 0.1) is 12.1 Å². The third-order valence-corrected chi connectivity index (χ3v) is 2.74. The molecule has 0 aromatic heterocycles. The van der Waals surface area contributed by atoms with E-state index in [4.69, 9.17) is 4.74 Å². The molecule has 4 nitrogen and oxygen atoms in total. The number of carbonyl (C=O) groups excluding carboxylic acids is 1. The molecular weight excluding hydrogens is 192 g/mol. The van der Waals surface area contributed by atoms with Gasteiger partial charge in [-0.2, -0.15) is 0 Å². The van der Waals surface area contributed by atoms with Crippen LogP contribution in [-0.2, 0) is 9.53 Å². The number of nitrogens with one attached hydrogen (secondary N) is 2. The van der Waals surface area contributed by atoms with Crippen molar-refractivity contribution in [2.45, 2.75) is 38.8 Å². The molecule has 1 fully saturated rings. The smallest absolute Gasteiger partial charge is 0.236 e. The minimum Gasteiger partial charge on any atom is -0.379 e. The van der Waals surface area contributed by atoms with Gasteiger partial charge in [0.2, 0.25) is 5.91 Å². The van der Waals surface area contributed by atoms with E-state index in [1.807, 2.05) is 13.8 Å². The Balaban J connectivity index is 2.32. The Hall–Kier alpha value is -0.610. The minimum absolute atomic E-state index is 0.0375. The van der Waals surface area contributed by atoms with Crippen LogP contribution in [0.4, 0.5) is 0 Å². The Kier molecular flexibility index (Phi) is 5.05. The molecule has 1 aliphatic heterocycles. The van der Waals surface area contributed by atoms with Gasteiger partial charge in [0.1, 0.15) is 0 Å². The fourth-order valence-corrected chi connectivity index (χ4v) is 1.85. The molecule has 0 aliphatic carbocycles. The summed E-state index contributed by atoms with van der Waals surface area (Å²) in [6.45, 7) is 5.76. The van der Waals surface area contributed by atoms with Gasteiger partial charge in [0.15, 0.2) is 0 Å². The number of hydrogen-bond acceptors (Lipinski definition) is 3. The lowest BCUT2D eigenvalue weighted by Crippen LogP contribution is -2.48. The van der Waals surface area contributed by atoms with Crippen LogP contribution in [0.2, 0.25) is 0 Å². The summed E-state index contributed by atoms with van der Waals surface area (Å²) in [6.07, 6.45) is 2.26. The second-order valence-corrected chi connectivity index (χ2v) is 4.39. The number of ether oxygens (including phenoxy) is 1. The zero-order valence-corrected chi connectivity index (χ0v) is 9.88. The maximum atomic E-state index is 11.4. The molecule has 0 bridgehead atoms. The quantitative estimate of drug-likeness (QED) is 0.717. The first-order chi connectivity index (χ1) is 7.13. The Morgan fingerprint density at radius 3 is 2.93 bits per heavy atom. The normalized spacial score (nSPS) is 26.7. The number of amides is 1. The Morgan fingerprint density at radius 2 is 2.33 bits per heavy atom. The summed E-state index contributed by atoms with van der Waals surface area (Å²) < 4.78 is 5.58. The predicted molar refractivity (Wildman–Crippen MR) is 59.7 cm³/mol. The molecule has 0 radical (unpaired) electrons. The zero-order valence-electron chi connectivity index (χ0n) is 9.88. The second-order valence-electron chi connectivity index (χ2n) is 4.39. The van der Waals surface area contributed by atoms with Crippen LogP contribution in [-0.4, -0.2) is 38.3 Å². The van der Waals surface area contributed by atoms with Crippen molar-refractivity contribution in [2.24, 2.45) is 5.92 Å². The summed E-state index contributed by atoms with van der Waals surface area (Å²) in [4.78, 5) is 11.4. The lowest BCUT2D eigenvalue weighted by Gasteiger charge is -2.29. The van der Waals surface area contributed by atoms with E-state index >= 15 is 0 Å². The van der Waals surface area contributed by atoms with Crippen molar-refractivity contribution in [3.63, 3.8) is 0 Å². The Morgan fingerprint density at radius 1 is 1.60 bits per heavy atom. The molecule has 15 heavy (non-hydrogen) atoms. The molecule has 2 atom stereocenters. The Labute approximate surface area is 91.8 Å². The van der Waals surface area contributed by atoms with E-state index in [1.54, 1.807) is 7.05 Å². The van der Waals surface area contributed by atoms with Gasteiger partial charge in [-0.25, -0.2) is 0 Å². The predicted octanol–water partition coefficient (Wildman–Crippen LogP) is 0.526. The fraction of sp³-hybridized carbons (Fsp3) is 0.909. The molecule has 1 rings (SSSR count). The molecule has 2 N–H and O–H groups in total. The van der Waals surface area contributed by atoms with Crippen molar-refractivity contribution in [3.8, 4) is 0 Å². The van der Waals surface area contributed by atoms with E-state index in [1.165, 1.54) is 0 Å². The van der Waals surface area contributed by atoms with Gasteiger partial charge in [0, 0.05) is 13.7 Å². The Bertz CT molecular complexity index is 207. The standard InChI is InChI=1S/C11H22N2O2/c1-8(2)15-7-9-4-5-13-10(6-9)11(14)12-3/h8-10,13H,4-7H2,1-3H3,(H,12,14). The van der Waals surface area contributed by atoms with E-state index in [0.29, 0.717) is 5.92 Å². The first-order valence-electron chi connectivity index (χ1n) is 5.70. The highest BCUT2D eigenvalue weighted by atomic mass is 16.5. The van der Waals surface area contributed by atoms with Gasteiger partial charge in [-0.3, -0.25) is 4.79 Å². The van der Waals surface area contributed by atoms with Crippen LogP contribution in [0.3, 0.4) is 0 Å². The first-order valence-corrected chi connectivity index (χ1v) is 5.70. The van der Waals surface area contributed by atoms with Crippen LogP contribution in [0.1, 0.15) is 26.7 Å². The molecular formula is C11H22N2O2. The molecule has 0 aromatic carbocycles. The molecule has 1 heterocycles. The monoisotopic (exact) mass is 214 g/mol. The van der Waals surface area contributed by atoms with Crippen LogP contribution >= 0.6 is 0 Å². The van der Waals surface area contributed by atoms with Gasteiger partial charge in [-0.15, -0.1) is 0 Å². The first kappa shape index (κ1) is 12.5. The van der Waals surface area contributed by atoms with Gasteiger partial charge < -0.3 is 15.4 Å². The highest BCUT2D eigenvalue weighted by molar-refractivity contribution is 5.81. The molecule has 1 aliphatic rings. The molecule has 4 heteroatoms. The van der Waals surface area contributed by atoms with Crippen LogP contribution in [0.25, 0.3) is 0 Å². The summed E-state index contributed by atoms with van der Waals surface area (Å²) in [5.74, 6) is 0.597. The topological polar surface area (TPSA) is 50.4 Å². The van der Waals surface area contributed by atoms with Crippen molar-refractivity contribution in [1.29, 1.82) is 0 Å². The van der Waals surface area contributed by atoms with Gasteiger partial charge in [-0.05, 0) is 39.2 Å². The molecule has 0 saturated carbocycles. The minimum atomic E-state index is -0.0375. The van der Waals surface area contributed by atoms with Crippen LogP contribution in [0, 0.1) is 5.92 Å². The number of likely N-dealkylation sites (N-methyl/N-ethyl adjacent to an activating group) is 1. The van der Waals surface area contributed by atoms with Gasteiger partial charge in [-0.1, -0.05) is 0 Å². The van der Waals surface area contributed by atoms with Crippen LogP contribution in [0.5, 0.6) is 0 Å². The summed E-state index contributed by atoms with van der Waals surface area (Å²) >= 11 is 0. The zero-order chi connectivity index (χ0) is 11.3. The molecule has 88 valence electrons. The highest BCUT2D eigenvalue weighted by Crippen LogP contribution is 2.17. The summed E-state index contributed by atoms with van der Waals surface area (Å²) in [5.41, 5.74) is 0. The summed E-state index contributed by atoms with van der Waals surface area (Å²) in [7, 11) is 1.68. The van der Waals surface area contributed by atoms with Gasteiger partial charge in [0.25, 0.3) is 0 Å². The number of piperidine rings is 1. The SMILES string of the molecule is CNC(=O)C1CC(COC(C)C)CCN1. The van der Waals surface area contributed by atoms with Crippen LogP contribution < -0.4 is 10.6 Å². The largest absolute Gasteiger partial charge is 0.379 e. The average Bonchev–Trinajstić information content (AvgIpc) is 2.25. The van der Waals surface area contributed by atoms with E-state index in [2.05, 4.69) is 10.6 Å². The van der Waals surface area contributed by atoms with E-state index in [0.717, 1.165) is 26.0 Å². The van der Waals surface area contributed by atoms with Crippen molar-refractivity contribution in [3.05, 3.63) is 0 Å². The summed E-state index contributed by atoms with van der Waals surface area (Å²) in [5, 5.41) is 5.90. The van der Waals surface area contributed by atoms with Crippen molar-refractivity contribution < 1.29 is 9.53 Å². The van der Waals surface area contributed by atoms with Gasteiger partial charge >= 0.3 is 0 Å². The molecule has 1 amide bonds. The number of hydrogen-bond donors (Lipinski definition) is 2. The molecule has 2 unspecified atom stereocenters. The van der Waals surface area contributed by atoms with E-state index in [9.17, 15) is 4.79 Å². The third kappa shape index (κ3) is 4.18. The van der Waals surface area contributed by atoms with Crippen molar-refractivity contribution in [1.82, 2.24) is 10.6 Å². The number of rotatable bonds is 4. The molecule has 0 aromatic rings. The maximum absolute atomic E-state index is 11.4. The van der Waals surface area contributed by atoms with Crippen LogP contribution in [0.15, 0.2) is 0 Å². The highest BCUT2D eigenvalue weighted by Gasteiger charge is 2.26. The van der Waals surface area contributed by atoms with Crippen molar-refractivity contribution >= 4 is 5.91 Å².